The maximum absolute atomic E-state index is 13.7. The zero-order chi connectivity index (χ0) is 26.0. The minimum absolute atomic E-state index is 0.0208. The monoisotopic (exact) mass is 506 g/mol. The van der Waals surface area contributed by atoms with Crippen LogP contribution in [0.2, 0.25) is 0 Å². The van der Waals surface area contributed by atoms with E-state index in [0.717, 1.165) is 42.1 Å². The Bertz CT molecular complexity index is 1590. The van der Waals surface area contributed by atoms with E-state index < -0.39 is 0 Å². The van der Waals surface area contributed by atoms with Crippen LogP contribution in [0, 0.1) is 23.2 Å². The molecule has 192 valence electrons. The SMILES string of the molecule is COc1cc(C(=O)N2C[C@H]3CC[C@@H]2[C@@H]3N)cc2nc(-c3ccc(C#N)n3CC3CC3)n(-c3ccccc3)c12. The number of ether oxygens (including phenoxy) is 1. The van der Waals surface area contributed by atoms with Crippen molar-refractivity contribution < 1.29 is 9.53 Å². The van der Waals surface area contributed by atoms with Crippen molar-refractivity contribution in [2.75, 3.05) is 13.7 Å². The number of methoxy groups -OCH3 is 1. The van der Waals surface area contributed by atoms with Crippen molar-refractivity contribution in [3.05, 3.63) is 65.9 Å². The van der Waals surface area contributed by atoms with Crippen LogP contribution in [0.5, 0.6) is 5.75 Å². The second kappa shape index (κ2) is 8.74. The number of imidazole rings is 1. The molecule has 2 aromatic heterocycles. The third-order valence-electron chi connectivity index (χ3n) is 8.57. The summed E-state index contributed by atoms with van der Waals surface area (Å²) in [5, 5.41) is 9.82. The molecule has 2 saturated carbocycles. The number of aromatic nitrogens is 3. The van der Waals surface area contributed by atoms with Crippen LogP contribution in [0.15, 0.2) is 54.6 Å². The fourth-order valence-corrected chi connectivity index (χ4v) is 6.42. The van der Waals surface area contributed by atoms with Gasteiger partial charge in [0, 0.05) is 36.4 Å². The van der Waals surface area contributed by atoms with Gasteiger partial charge in [-0.1, -0.05) is 18.2 Å². The molecule has 8 heteroatoms. The lowest BCUT2D eigenvalue weighted by molar-refractivity contribution is 0.0700. The van der Waals surface area contributed by atoms with Crippen molar-refractivity contribution in [3.63, 3.8) is 0 Å². The fourth-order valence-electron chi connectivity index (χ4n) is 6.42. The number of carbonyl (C=O) groups is 1. The number of likely N-dealkylation sites (tertiary alicyclic amines) is 1. The molecular formula is C30H30N6O2. The molecule has 0 spiro atoms. The molecule has 2 bridgehead atoms. The van der Waals surface area contributed by atoms with Gasteiger partial charge < -0.3 is 19.9 Å². The van der Waals surface area contributed by atoms with Crippen LogP contribution < -0.4 is 10.5 Å². The summed E-state index contributed by atoms with van der Waals surface area (Å²) in [6.45, 7) is 1.50. The number of nitrogens with two attached hydrogens (primary N) is 1. The summed E-state index contributed by atoms with van der Waals surface area (Å²) in [5.41, 5.74) is 10.9. The van der Waals surface area contributed by atoms with Crippen LogP contribution in [0.1, 0.15) is 41.7 Å². The summed E-state index contributed by atoms with van der Waals surface area (Å²) in [7, 11) is 1.63. The molecule has 3 heterocycles. The lowest BCUT2D eigenvalue weighted by Crippen LogP contribution is -2.41. The van der Waals surface area contributed by atoms with E-state index >= 15 is 0 Å². The first kappa shape index (κ1) is 23.1. The molecule has 1 aliphatic heterocycles. The summed E-state index contributed by atoms with van der Waals surface area (Å²) in [4.78, 5) is 20.7. The van der Waals surface area contributed by atoms with E-state index in [1.54, 1.807) is 7.11 Å². The lowest BCUT2D eigenvalue weighted by Gasteiger charge is -2.27. The predicted octanol–water partition coefficient (Wildman–Crippen LogP) is 4.35. The Morgan fingerprint density at radius 1 is 1.13 bits per heavy atom. The van der Waals surface area contributed by atoms with Gasteiger partial charge in [-0.05, 0) is 73.9 Å². The maximum atomic E-state index is 13.7. The van der Waals surface area contributed by atoms with Crippen molar-refractivity contribution in [2.24, 2.45) is 17.6 Å². The van der Waals surface area contributed by atoms with Crippen LogP contribution >= 0.6 is 0 Å². The van der Waals surface area contributed by atoms with E-state index in [-0.39, 0.29) is 18.0 Å². The largest absolute Gasteiger partial charge is 0.494 e. The van der Waals surface area contributed by atoms with Crippen molar-refractivity contribution in [1.82, 2.24) is 19.0 Å². The molecule has 1 amide bonds. The Hall–Kier alpha value is -4.09. The number of fused-ring (bicyclic) bond motifs is 3. The minimum Gasteiger partial charge on any atom is -0.494 e. The van der Waals surface area contributed by atoms with Crippen LogP contribution in [-0.4, -0.2) is 50.7 Å². The highest BCUT2D eigenvalue weighted by atomic mass is 16.5. The molecule has 7 rings (SSSR count). The summed E-state index contributed by atoms with van der Waals surface area (Å²) in [5.74, 6) is 2.25. The van der Waals surface area contributed by atoms with Crippen LogP contribution in [0.4, 0.5) is 0 Å². The number of amides is 1. The molecule has 4 aromatic rings. The number of nitriles is 1. The summed E-state index contributed by atoms with van der Waals surface area (Å²) >= 11 is 0. The number of benzene rings is 2. The molecule has 8 nitrogen and oxygen atoms in total. The van der Waals surface area contributed by atoms with Gasteiger partial charge in [-0.15, -0.1) is 0 Å². The number of hydrogen-bond donors (Lipinski definition) is 1. The van der Waals surface area contributed by atoms with Gasteiger partial charge in [-0.2, -0.15) is 5.26 Å². The topological polar surface area (TPSA) is 102 Å². The maximum Gasteiger partial charge on any atom is 0.254 e. The van der Waals surface area contributed by atoms with Crippen molar-refractivity contribution in [2.45, 2.75) is 44.3 Å². The quantitative estimate of drug-likeness (QED) is 0.419. The van der Waals surface area contributed by atoms with Crippen molar-refractivity contribution in [3.8, 4) is 29.0 Å². The zero-order valence-corrected chi connectivity index (χ0v) is 21.4. The van der Waals surface area contributed by atoms with Crippen LogP contribution in [0.3, 0.4) is 0 Å². The van der Waals surface area contributed by atoms with E-state index in [4.69, 9.17) is 15.5 Å². The molecule has 2 N–H and O–H groups in total. The molecule has 38 heavy (non-hydrogen) atoms. The fraction of sp³-hybridized carbons (Fsp3) is 0.367. The Morgan fingerprint density at radius 3 is 2.61 bits per heavy atom. The normalized spacial score (nSPS) is 22.2. The molecule has 2 aliphatic carbocycles. The number of rotatable bonds is 6. The standard InChI is InChI=1S/C30H30N6O2/c1-38-26-14-20(30(37)35-17-19-9-11-24(35)27(19)32)13-23-28(26)36(21-5-3-2-4-6-21)29(33-23)25-12-10-22(15-31)34(25)16-18-7-8-18/h2-6,10,12-14,18-19,24,27H,7-9,11,16-17,32H2,1H3/t19-,24-,27-/m1/s1. The van der Waals surface area contributed by atoms with E-state index in [1.807, 2.05) is 59.5 Å². The summed E-state index contributed by atoms with van der Waals surface area (Å²) < 4.78 is 10.1. The van der Waals surface area contributed by atoms with Gasteiger partial charge in [-0.3, -0.25) is 9.36 Å². The van der Waals surface area contributed by atoms with E-state index in [0.29, 0.717) is 40.9 Å². The minimum atomic E-state index is -0.0208. The van der Waals surface area contributed by atoms with Gasteiger partial charge in [0.25, 0.3) is 5.91 Å². The Kier molecular flexibility index (Phi) is 5.31. The van der Waals surface area contributed by atoms with Gasteiger partial charge in [-0.25, -0.2) is 4.98 Å². The van der Waals surface area contributed by atoms with Crippen molar-refractivity contribution in [1.29, 1.82) is 5.26 Å². The number of nitrogens with zero attached hydrogens (tertiary/aromatic N) is 5. The van der Waals surface area contributed by atoms with E-state index in [1.165, 1.54) is 12.8 Å². The number of para-hydroxylation sites is 1. The first-order chi connectivity index (χ1) is 18.6. The smallest absolute Gasteiger partial charge is 0.254 e. The zero-order valence-electron chi connectivity index (χ0n) is 21.4. The molecule has 3 atom stereocenters. The van der Waals surface area contributed by atoms with E-state index in [9.17, 15) is 10.1 Å². The summed E-state index contributed by atoms with van der Waals surface area (Å²) in [6.07, 6.45) is 4.41. The lowest BCUT2D eigenvalue weighted by atomic mass is 10.1. The predicted molar refractivity (Wildman–Crippen MR) is 144 cm³/mol. The second-order valence-corrected chi connectivity index (χ2v) is 10.9. The third kappa shape index (κ3) is 3.53. The number of carbonyl (C=O) groups excluding carboxylic acids is 1. The number of piperidine rings is 1. The first-order valence-corrected chi connectivity index (χ1v) is 13.4. The first-order valence-electron chi connectivity index (χ1n) is 13.4. The molecular weight excluding hydrogens is 476 g/mol. The third-order valence-corrected chi connectivity index (χ3v) is 8.57. The van der Waals surface area contributed by atoms with Gasteiger partial charge in [0.2, 0.25) is 0 Å². The van der Waals surface area contributed by atoms with Gasteiger partial charge in [0.15, 0.2) is 5.82 Å². The van der Waals surface area contributed by atoms with Gasteiger partial charge in [0.05, 0.1) is 18.3 Å². The Labute approximate surface area is 221 Å². The van der Waals surface area contributed by atoms with Gasteiger partial charge >= 0.3 is 0 Å². The molecule has 2 aromatic carbocycles. The molecule has 1 saturated heterocycles. The van der Waals surface area contributed by atoms with Crippen molar-refractivity contribution >= 4 is 16.9 Å². The second-order valence-electron chi connectivity index (χ2n) is 10.9. The molecule has 3 aliphatic rings. The van der Waals surface area contributed by atoms with Crippen LogP contribution in [-0.2, 0) is 6.54 Å². The Balaban J connectivity index is 1.41. The van der Waals surface area contributed by atoms with E-state index in [2.05, 4.69) is 15.2 Å². The molecule has 3 fully saturated rings. The van der Waals surface area contributed by atoms with Gasteiger partial charge in [0.1, 0.15) is 23.0 Å². The highest BCUT2D eigenvalue weighted by Gasteiger charge is 2.47. The molecule has 0 unspecified atom stereocenters. The molecule has 0 radical (unpaired) electrons. The Morgan fingerprint density at radius 2 is 1.95 bits per heavy atom. The average Bonchev–Trinajstić information content (AvgIpc) is 3.25. The number of hydrogen-bond acceptors (Lipinski definition) is 5. The highest BCUT2D eigenvalue weighted by Crippen LogP contribution is 2.40. The highest BCUT2D eigenvalue weighted by molar-refractivity contribution is 6.00. The average molecular weight is 507 g/mol. The van der Waals surface area contributed by atoms with Crippen LogP contribution in [0.25, 0.3) is 28.2 Å². The summed E-state index contributed by atoms with van der Waals surface area (Å²) in [6, 6.07) is 20.1.